The molecule has 1 saturated heterocycles. The fourth-order valence-electron chi connectivity index (χ4n) is 1.97. The molecule has 108 valence electrons. The molecule has 0 spiro atoms. The Kier molecular flexibility index (Phi) is 6.56. The Morgan fingerprint density at radius 2 is 2.37 bits per heavy atom. The normalized spacial score (nSPS) is 22.9. The zero-order valence-corrected chi connectivity index (χ0v) is 13.6. The molecule has 1 unspecified atom stereocenters. The molecular weight excluding hydrogens is 359 g/mol. The van der Waals surface area contributed by atoms with Gasteiger partial charge in [0.25, 0.3) is 0 Å². The van der Waals surface area contributed by atoms with Crippen molar-refractivity contribution in [2.24, 2.45) is 4.99 Å². The average Bonchev–Trinajstić information content (AvgIpc) is 3.01. The van der Waals surface area contributed by atoms with Gasteiger partial charge in [0.1, 0.15) is 12.0 Å². The second-order valence-electron chi connectivity index (χ2n) is 4.67. The second kappa shape index (κ2) is 7.68. The van der Waals surface area contributed by atoms with Crippen LogP contribution in [-0.2, 0) is 11.3 Å². The number of hydrogen-bond acceptors (Lipinski definition) is 4. The van der Waals surface area contributed by atoms with Crippen LogP contribution in [0.25, 0.3) is 0 Å². The van der Waals surface area contributed by atoms with Crippen molar-refractivity contribution in [2.75, 3.05) is 20.2 Å². The maximum Gasteiger partial charge on any atom is 0.191 e. The highest BCUT2D eigenvalue weighted by molar-refractivity contribution is 14.0. The van der Waals surface area contributed by atoms with E-state index in [1.54, 1.807) is 13.3 Å². The van der Waals surface area contributed by atoms with Crippen molar-refractivity contribution in [1.29, 1.82) is 0 Å². The number of hydrogen-bond donors (Lipinski definition) is 2. The highest BCUT2D eigenvalue weighted by atomic mass is 127. The third kappa shape index (κ3) is 4.98. The molecule has 2 N–H and O–H groups in total. The van der Waals surface area contributed by atoms with Crippen LogP contribution in [0.3, 0.4) is 0 Å². The third-order valence-corrected chi connectivity index (χ3v) is 3.08. The SMILES string of the molecule is CN=C(NCc1ccon1)NCC1(C)CCCO1.I. The lowest BCUT2D eigenvalue weighted by Gasteiger charge is -2.24. The van der Waals surface area contributed by atoms with Crippen LogP contribution >= 0.6 is 24.0 Å². The molecule has 7 heteroatoms. The number of nitrogens with one attached hydrogen (secondary N) is 2. The van der Waals surface area contributed by atoms with Crippen molar-refractivity contribution in [1.82, 2.24) is 15.8 Å². The van der Waals surface area contributed by atoms with Crippen LogP contribution in [-0.4, -0.2) is 36.9 Å². The van der Waals surface area contributed by atoms with E-state index in [2.05, 4.69) is 27.7 Å². The van der Waals surface area contributed by atoms with Crippen molar-refractivity contribution in [3.05, 3.63) is 18.0 Å². The fraction of sp³-hybridized carbons (Fsp3) is 0.667. The van der Waals surface area contributed by atoms with E-state index in [0.29, 0.717) is 6.54 Å². The van der Waals surface area contributed by atoms with Gasteiger partial charge in [-0.15, -0.1) is 24.0 Å². The number of rotatable bonds is 4. The smallest absolute Gasteiger partial charge is 0.191 e. The summed E-state index contributed by atoms with van der Waals surface area (Å²) >= 11 is 0. The number of nitrogens with zero attached hydrogens (tertiary/aromatic N) is 2. The van der Waals surface area contributed by atoms with Crippen LogP contribution < -0.4 is 10.6 Å². The van der Waals surface area contributed by atoms with Gasteiger partial charge in [-0.3, -0.25) is 4.99 Å². The van der Waals surface area contributed by atoms with Gasteiger partial charge in [0.15, 0.2) is 5.96 Å². The summed E-state index contributed by atoms with van der Waals surface area (Å²) in [6, 6.07) is 1.82. The first-order chi connectivity index (χ1) is 8.72. The standard InChI is InChI=1S/C12H20N4O2.HI/c1-12(5-3-6-17-12)9-15-11(13-2)14-8-10-4-7-18-16-10;/h4,7H,3,5-6,8-9H2,1-2H3,(H2,13,14,15);1H. The van der Waals surface area contributed by atoms with Gasteiger partial charge in [-0.25, -0.2) is 0 Å². The summed E-state index contributed by atoms with van der Waals surface area (Å²) in [7, 11) is 1.75. The Morgan fingerprint density at radius 3 is 2.95 bits per heavy atom. The second-order valence-corrected chi connectivity index (χ2v) is 4.67. The summed E-state index contributed by atoms with van der Waals surface area (Å²) in [6.07, 6.45) is 3.77. The van der Waals surface area contributed by atoms with E-state index < -0.39 is 0 Å². The zero-order valence-electron chi connectivity index (χ0n) is 11.3. The summed E-state index contributed by atoms with van der Waals surface area (Å²) in [5.74, 6) is 0.745. The summed E-state index contributed by atoms with van der Waals surface area (Å²) in [5, 5.41) is 10.3. The predicted octanol–water partition coefficient (Wildman–Crippen LogP) is 1.53. The molecule has 6 nitrogen and oxygen atoms in total. The van der Waals surface area contributed by atoms with Gasteiger partial charge in [-0.1, -0.05) is 5.16 Å². The van der Waals surface area contributed by atoms with Gasteiger partial charge in [-0.2, -0.15) is 0 Å². The molecule has 2 rings (SSSR count). The number of aliphatic imine (C=N–C) groups is 1. The Hall–Kier alpha value is -0.830. The maximum atomic E-state index is 5.71. The molecule has 0 aliphatic carbocycles. The maximum absolute atomic E-state index is 5.71. The van der Waals surface area contributed by atoms with Crippen LogP contribution in [0.5, 0.6) is 0 Å². The number of aromatic nitrogens is 1. The first kappa shape index (κ1) is 16.2. The predicted molar refractivity (Wildman–Crippen MR) is 83.7 cm³/mol. The van der Waals surface area contributed by atoms with Gasteiger partial charge in [0.05, 0.1) is 12.1 Å². The number of ether oxygens (including phenoxy) is 1. The van der Waals surface area contributed by atoms with Gasteiger partial charge < -0.3 is 19.9 Å². The van der Waals surface area contributed by atoms with Crippen molar-refractivity contribution >= 4 is 29.9 Å². The molecule has 19 heavy (non-hydrogen) atoms. The molecule has 0 amide bonds. The third-order valence-electron chi connectivity index (χ3n) is 3.08. The summed E-state index contributed by atoms with van der Waals surface area (Å²) < 4.78 is 10.5. The van der Waals surface area contributed by atoms with Crippen LogP contribution in [0, 0.1) is 0 Å². The lowest BCUT2D eigenvalue weighted by molar-refractivity contribution is 0.0243. The van der Waals surface area contributed by atoms with Crippen LogP contribution in [0.1, 0.15) is 25.5 Å². The van der Waals surface area contributed by atoms with E-state index in [9.17, 15) is 0 Å². The molecule has 1 aromatic rings. The van der Waals surface area contributed by atoms with Crippen LogP contribution in [0.2, 0.25) is 0 Å². The topological polar surface area (TPSA) is 71.7 Å². The minimum Gasteiger partial charge on any atom is -0.373 e. The summed E-state index contributed by atoms with van der Waals surface area (Å²) in [5.41, 5.74) is 0.771. The minimum atomic E-state index is -0.0779. The molecule has 2 heterocycles. The van der Waals surface area contributed by atoms with Gasteiger partial charge in [-0.05, 0) is 19.8 Å². The van der Waals surface area contributed by atoms with E-state index in [-0.39, 0.29) is 29.6 Å². The Morgan fingerprint density at radius 1 is 1.53 bits per heavy atom. The zero-order chi connectivity index (χ0) is 12.8. The molecule has 1 aromatic heterocycles. The Balaban J connectivity index is 0.00000180. The molecular formula is C12H21IN4O2. The van der Waals surface area contributed by atoms with Crippen LogP contribution in [0.4, 0.5) is 0 Å². The van der Waals surface area contributed by atoms with E-state index >= 15 is 0 Å². The number of guanidine groups is 1. The van der Waals surface area contributed by atoms with Crippen molar-refractivity contribution < 1.29 is 9.26 Å². The minimum absolute atomic E-state index is 0. The molecule has 0 aromatic carbocycles. The molecule has 1 atom stereocenters. The quantitative estimate of drug-likeness (QED) is 0.471. The molecule has 0 radical (unpaired) electrons. The Bertz CT molecular complexity index is 388. The highest BCUT2D eigenvalue weighted by Crippen LogP contribution is 2.23. The van der Waals surface area contributed by atoms with Crippen molar-refractivity contribution in [3.63, 3.8) is 0 Å². The lowest BCUT2D eigenvalue weighted by Crippen LogP contribution is -2.45. The largest absolute Gasteiger partial charge is 0.373 e. The molecule has 0 bridgehead atoms. The monoisotopic (exact) mass is 380 g/mol. The van der Waals surface area contributed by atoms with Crippen molar-refractivity contribution in [2.45, 2.75) is 31.9 Å². The number of halogens is 1. The molecule has 1 aliphatic rings. The van der Waals surface area contributed by atoms with E-state index in [1.165, 1.54) is 0 Å². The van der Waals surface area contributed by atoms with Crippen molar-refractivity contribution in [3.8, 4) is 0 Å². The average molecular weight is 380 g/mol. The van der Waals surface area contributed by atoms with Gasteiger partial charge in [0, 0.05) is 26.3 Å². The fourth-order valence-corrected chi connectivity index (χ4v) is 1.97. The van der Waals surface area contributed by atoms with E-state index in [4.69, 9.17) is 9.26 Å². The summed E-state index contributed by atoms with van der Waals surface area (Å²) in [4.78, 5) is 4.16. The molecule has 0 saturated carbocycles. The highest BCUT2D eigenvalue weighted by Gasteiger charge is 2.29. The van der Waals surface area contributed by atoms with Gasteiger partial charge in [0.2, 0.25) is 0 Å². The van der Waals surface area contributed by atoms with Gasteiger partial charge >= 0.3 is 0 Å². The first-order valence-electron chi connectivity index (χ1n) is 6.20. The van der Waals surface area contributed by atoms with Crippen LogP contribution in [0.15, 0.2) is 21.8 Å². The molecule has 1 aliphatic heterocycles. The summed E-state index contributed by atoms with van der Waals surface area (Å²) in [6.45, 7) is 4.32. The first-order valence-corrected chi connectivity index (χ1v) is 6.20. The molecule has 1 fully saturated rings. The lowest BCUT2D eigenvalue weighted by atomic mass is 10.0. The van der Waals surface area contributed by atoms with E-state index in [1.807, 2.05) is 6.07 Å². The van der Waals surface area contributed by atoms with E-state index in [0.717, 1.165) is 37.6 Å². The Labute approximate surface area is 130 Å².